The van der Waals surface area contributed by atoms with Gasteiger partial charge >= 0.3 is 0 Å². The van der Waals surface area contributed by atoms with Crippen LogP contribution in [-0.4, -0.2) is 48.4 Å². The fourth-order valence-corrected chi connectivity index (χ4v) is 3.08. The molecule has 0 radical (unpaired) electrons. The van der Waals surface area contributed by atoms with Crippen molar-refractivity contribution in [2.24, 2.45) is 5.92 Å². The molecule has 2 N–H and O–H groups in total. The van der Waals surface area contributed by atoms with Crippen LogP contribution in [0.1, 0.15) is 67.7 Å². The Morgan fingerprint density at radius 1 is 1.04 bits per heavy atom. The van der Waals surface area contributed by atoms with E-state index in [0.717, 1.165) is 18.9 Å². The molecule has 0 aliphatic carbocycles. The van der Waals surface area contributed by atoms with E-state index in [4.69, 9.17) is 0 Å². The molecule has 0 saturated carbocycles. The molecule has 0 unspecified atom stereocenters. The van der Waals surface area contributed by atoms with Crippen LogP contribution in [0.4, 0.5) is 0 Å². The van der Waals surface area contributed by atoms with Crippen LogP contribution in [0, 0.1) is 5.92 Å². The third-order valence-corrected chi connectivity index (χ3v) is 4.71. The van der Waals surface area contributed by atoms with Gasteiger partial charge in [0.2, 0.25) is 0 Å². The van der Waals surface area contributed by atoms with E-state index in [1.54, 1.807) is 24.3 Å². The van der Waals surface area contributed by atoms with Crippen molar-refractivity contribution < 1.29 is 9.59 Å². The summed E-state index contributed by atoms with van der Waals surface area (Å²) in [5, 5.41) is 5.88. The SMILES string of the molecule is CC1CCN(CCCNC(=O)c2ccc(C(=O)NC(C)(C)C)cc2)CC1. The molecule has 5 nitrogen and oxygen atoms in total. The van der Waals surface area contributed by atoms with Crippen molar-refractivity contribution in [2.45, 2.75) is 52.5 Å². The van der Waals surface area contributed by atoms with Crippen LogP contribution in [0.3, 0.4) is 0 Å². The smallest absolute Gasteiger partial charge is 0.251 e. The maximum Gasteiger partial charge on any atom is 0.251 e. The summed E-state index contributed by atoms with van der Waals surface area (Å²) in [5.74, 6) is 0.639. The number of nitrogens with one attached hydrogen (secondary N) is 2. The van der Waals surface area contributed by atoms with Gasteiger partial charge in [-0.3, -0.25) is 9.59 Å². The lowest BCUT2D eigenvalue weighted by Gasteiger charge is -2.30. The fraction of sp³-hybridized carbons (Fsp3) is 0.619. The molecule has 0 atom stereocenters. The highest BCUT2D eigenvalue weighted by atomic mass is 16.2. The Hall–Kier alpha value is -1.88. The van der Waals surface area contributed by atoms with E-state index < -0.39 is 0 Å². The van der Waals surface area contributed by atoms with Gasteiger partial charge in [-0.25, -0.2) is 0 Å². The van der Waals surface area contributed by atoms with Crippen molar-refractivity contribution in [2.75, 3.05) is 26.2 Å². The minimum absolute atomic E-state index is 0.0833. The minimum Gasteiger partial charge on any atom is -0.352 e. The summed E-state index contributed by atoms with van der Waals surface area (Å²) in [5.41, 5.74) is 0.874. The zero-order valence-corrected chi connectivity index (χ0v) is 16.6. The summed E-state index contributed by atoms with van der Waals surface area (Å²) >= 11 is 0. The van der Waals surface area contributed by atoms with Crippen molar-refractivity contribution in [1.82, 2.24) is 15.5 Å². The molecule has 1 aliphatic heterocycles. The zero-order valence-electron chi connectivity index (χ0n) is 16.6. The van der Waals surface area contributed by atoms with Gasteiger partial charge < -0.3 is 15.5 Å². The molecule has 1 aromatic carbocycles. The Balaban J connectivity index is 1.73. The van der Waals surface area contributed by atoms with E-state index in [1.807, 2.05) is 20.8 Å². The standard InChI is InChI=1S/C21H33N3O2/c1-16-10-14-24(15-11-16)13-5-12-22-19(25)17-6-8-18(9-7-17)20(26)23-21(2,3)4/h6-9,16H,5,10-15H2,1-4H3,(H,22,25)(H,23,26). The monoisotopic (exact) mass is 359 g/mol. The van der Waals surface area contributed by atoms with E-state index >= 15 is 0 Å². The normalized spacial score (nSPS) is 16.3. The molecule has 144 valence electrons. The molecule has 1 aromatic rings. The maximum absolute atomic E-state index is 12.2. The molecule has 2 rings (SSSR count). The Morgan fingerprint density at radius 2 is 1.58 bits per heavy atom. The van der Waals surface area contributed by atoms with Gasteiger partial charge in [0.05, 0.1) is 0 Å². The topological polar surface area (TPSA) is 61.4 Å². The summed E-state index contributed by atoms with van der Waals surface area (Å²) in [6.45, 7) is 12.2. The Kier molecular flexibility index (Phi) is 7.21. The molecule has 2 amide bonds. The van der Waals surface area contributed by atoms with Crippen LogP contribution < -0.4 is 10.6 Å². The second-order valence-corrected chi connectivity index (χ2v) is 8.42. The number of amides is 2. The number of carbonyl (C=O) groups excluding carboxylic acids is 2. The molecule has 0 bridgehead atoms. The summed E-state index contributed by atoms with van der Waals surface area (Å²) < 4.78 is 0. The lowest BCUT2D eigenvalue weighted by atomic mass is 9.99. The lowest BCUT2D eigenvalue weighted by Crippen LogP contribution is -2.40. The first-order valence-electron chi connectivity index (χ1n) is 9.68. The predicted octanol–water partition coefficient (Wildman–Crippen LogP) is 3.07. The first-order valence-corrected chi connectivity index (χ1v) is 9.68. The highest BCUT2D eigenvalue weighted by molar-refractivity contribution is 5.98. The number of carbonyl (C=O) groups is 2. The third kappa shape index (κ3) is 6.79. The van der Waals surface area contributed by atoms with Gasteiger partial charge in [0.15, 0.2) is 0 Å². The molecule has 0 aromatic heterocycles. The predicted molar refractivity (Wildman–Crippen MR) is 105 cm³/mol. The molecule has 1 fully saturated rings. The van der Waals surface area contributed by atoms with Crippen molar-refractivity contribution in [3.8, 4) is 0 Å². The van der Waals surface area contributed by atoms with Gasteiger partial charge in [0, 0.05) is 23.2 Å². The molecule has 1 saturated heterocycles. The van der Waals surface area contributed by atoms with Crippen molar-refractivity contribution in [3.05, 3.63) is 35.4 Å². The van der Waals surface area contributed by atoms with E-state index in [-0.39, 0.29) is 17.4 Å². The third-order valence-electron chi connectivity index (χ3n) is 4.71. The van der Waals surface area contributed by atoms with E-state index in [0.29, 0.717) is 17.7 Å². The van der Waals surface area contributed by atoms with Crippen LogP contribution in [0.25, 0.3) is 0 Å². The Labute approximate surface area is 157 Å². The number of piperidine rings is 1. The number of likely N-dealkylation sites (tertiary alicyclic amines) is 1. The van der Waals surface area contributed by atoms with Gasteiger partial charge in [-0.1, -0.05) is 6.92 Å². The summed E-state index contributed by atoms with van der Waals surface area (Å²) in [6.07, 6.45) is 3.52. The molecular weight excluding hydrogens is 326 g/mol. The maximum atomic E-state index is 12.2. The van der Waals surface area contributed by atoms with Crippen molar-refractivity contribution in [1.29, 1.82) is 0 Å². The van der Waals surface area contributed by atoms with Crippen LogP contribution >= 0.6 is 0 Å². The van der Waals surface area contributed by atoms with Gasteiger partial charge in [0.25, 0.3) is 11.8 Å². The summed E-state index contributed by atoms with van der Waals surface area (Å²) in [7, 11) is 0. The van der Waals surface area contributed by atoms with E-state index in [9.17, 15) is 9.59 Å². The summed E-state index contributed by atoms with van der Waals surface area (Å²) in [4.78, 5) is 26.8. The van der Waals surface area contributed by atoms with Gasteiger partial charge in [-0.05, 0) is 89.9 Å². The highest BCUT2D eigenvalue weighted by Crippen LogP contribution is 2.15. The first-order chi connectivity index (χ1) is 12.2. The number of hydrogen-bond donors (Lipinski definition) is 2. The van der Waals surface area contributed by atoms with E-state index in [1.165, 1.54) is 25.9 Å². The number of nitrogens with zero attached hydrogens (tertiary/aromatic N) is 1. The van der Waals surface area contributed by atoms with Crippen LogP contribution in [0.5, 0.6) is 0 Å². The average molecular weight is 360 g/mol. The molecular formula is C21H33N3O2. The minimum atomic E-state index is -0.278. The number of hydrogen-bond acceptors (Lipinski definition) is 3. The number of benzene rings is 1. The largest absolute Gasteiger partial charge is 0.352 e. The van der Waals surface area contributed by atoms with Gasteiger partial charge in [0.1, 0.15) is 0 Å². The Morgan fingerprint density at radius 3 is 2.12 bits per heavy atom. The average Bonchev–Trinajstić information content (AvgIpc) is 2.59. The van der Waals surface area contributed by atoms with Crippen molar-refractivity contribution in [3.63, 3.8) is 0 Å². The molecule has 1 heterocycles. The number of rotatable bonds is 6. The second-order valence-electron chi connectivity index (χ2n) is 8.42. The fourth-order valence-electron chi connectivity index (χ4n) is 3.08. The van der Waals surface area contributed by atoms with Crippen LogP contribution in [0.15, 0.2) is 24.3 Å². The molecule has 26 heavy (non-hydrogen) atoms. The quantitative estimate of drug-likeness (QED) is 0.768. The van der Waals surface area contributed by atoms with E-state index in [2.05, 4.69) is 22.5 Å². The van der Waals surface area contributed by atoms with Crippen LogP contribution in [0.2, 0.25) is 0 Å². The first kappa shape index (κ1) is 20.4. The molecule has 0 spiro atoms. The Bertz CT molecular complexity index is 597. The highest BCUT2D eigenvalue weighted by Gasteiger charge is 2.16. The van der Waals surface area contributed by atoms with Crippen molar-refractivity contribution >= 4 is 11.8 Å². The van der Waals surface area contributed by atoms with Gasteiger partial charge in [-0.2, -0.15) is 0 Å². The molecule has 5 heteroatoms. The lowest BCUT2D eigenvalue weighted by molar-refractivity contribution is 0.0915. The van der Waals surface area contributed by atoms with Crippen LogP contribution in [-0.2, 0) is 0 Å². The van der Waals surface area contributed by atoms with Gasteiger partial charge in [-0.15, -0.1) is 0 Å². The zero-order chi connectivity index (χ0) is 19.2. The summed E-state index contributed by atoms with van der Waals surface area (Å²) in [6, 6.07) is 6.81. The molecule has 1 aliphatic rings. The second kappa shape index (κ2) is 9.17.